The molecule has 0 spiro atoms. The van der Waals surface area contributed by atoms with Gasteiger partial charge in [0.25, 0.3) is 0 Å². The summed E-state index contributed by atoms with van der Waals surface area (Å²) in [4.78, 5) is 11.1. The lowest BCUT2D eigenvalue weighted by Crippen LogP contribution is -2.48. The average Bonchev–Trinajstić information content (AvgIpc) is 2.59. The molecule has 0 aromatic rings. The lowest BCUT2D eigenvalue weighted by atomic mass is 9.98. The Morgan fingerprint density at radius 3 is 2.86 bits per heavy atom. The summed E-state index contributed by atoms with van der Waals surface area (Å²) in [5, 5.41) is 12.0. The maximum atomic E-state index is 11.1. The number of carboxylic acids is 1. The average molecular weight is 201 g/mol. The van der Waals surface area contributed by atoms with E-state index in [-0.39, 0.29) is 6.10 Å². The Morgan fingerprint density at radius 1 is 1.71 bits per heavy atom. The van der Waals surface area contributed by atoms with E-state index in [0.29, 0.717) is 12.8 Å². The van der Waals surface area contributed by atoms with Gasteiger partial charge in [0.15, 0.2) is 0 Å². The molecule has 4 nitrogen and oxygen atoms in total. The number of carbonyl (C=O) groups is 1. The fourth-order valence-corrected chi connectivity index (χ4v) is 1.96. The van der Waals surface area contributed by atoms with Crippen LogP contribution in [-0.4, -0.2) is 36.4 Å². The van der Waals surface area contributed by atoms with Crippen LogP contribution in [0.3, 0.4) is 0 Å². The molecule has 1 fully saturated rings. The molecular weight excluding hydrogens is 182 g/mol. The van der Waals surface area contributed by atoms with Crippen LogP contribution in [-0.2, 0) is 9.53 Å². The lowest BCUT2D eigenvalue weighted by molar-refractivity contribution is -0.144. The van der Waals surface area contributed by atoms with E-state index in [4.69, 9.17) is 9.84 Å². The molecule has 1 rings (SSSR count). The van der Waals surface area contributed by atoms with Gasteiger partial charge in [0, 0.05) is 13.0 Å². The summed E-state index contributed by atoms with van der Waals surface area (Å²) in [5.74, 6) is -0.761. The summed E-state index contributed by atoms with van der Waals surface area (Å²) in [5.41, 5.74) is -0.752. The number of carboxylic acid groups (broad SMARTS) is 1. The molecule has 4 heteroatoms. The van der Waals surface area contributed by atoms with Crippen molar-refractivity contribution in [3.8, 4) is 0 Å². The van der Waals surface area contributed by atoms with Crippen LogP contribution in [0.4, 0.5) is 0 Å². The summed E-state index contributed by atoms with van der Waals surface area (Å²) >= 11 is 0. The highest BCUT2D eigenvalue weighted by atomic mass is 16.5. The van der Waals surface area contributed by atoms with Gasteiger partial charge in [-0.3, -0.25) is 4.79 Å². The zero-order valence-corrected chi connectivity index (χ0v) is 8.88. The van der Waals surface area contributed by atoms with Gasteiger partial charge in [-0.25, -0.2) is 0 Å². The van der Waals surface area contributed by atoms with E-state index in [2.05, 4.69) is 12.2 Å². The van der Waals surface area contributed by atoms with Crippen molar-refractivity contribution in [2.45, 2.75) is 44.2 Å². The molecular formula is C10H19NO3. The van der Waals surface area contributed by atoms with Gasteiger partial charge in [-0.15, -0.1) is 0 Å². The van der Waals surface area contributed by atoms with Gasteiger partial charge in [-0.2, -0.15) is 0 Å². The molecule has 0 saturated heterocycles. The fraction of sp³-hybridized carbons (Fsp3) is 0.900. The Labute approximate surface area is 84.6 Å². The molecule has 0 aliphatic heterocycles. The molecule has 0 heterocycles. The summed E-state index contributed by atoms with van der Waals surface area (Å²) in [6.45, 7) is 2.78. The van der Waals surface area contributed by atoms with Crippen LogP contribution in [0.15, 0.2) is 0 Å². The Hall–Kier alpha value is -0.610. The number of hydrogen-bond acceptors (Lipinski definition) is 3. The maximum Gasteiger partial charge on any atom is 0.323 e. The number of aliphatic carboxylic acids is 1. The normalized spacial score (nSPS) is 32.0. The van der Waals surface area contributed by atoms with Crippen LogP contribution in [0, 0.1) is 0 Å². The van der Waals surface area contributed by atoms with Gasteiger partial charge in [0.05, 0.1) is 6.10 Å². The van der Waals surface area contributed by atoms with E-state index in [0.717, 1.165) is 19.4 Å². The molecule has 2 unspecified atom stereocenters. The molecule has 0 aromatic carbocycles. The summed E-state index contributed by atoms with van der Waals surface area (Å²) in [7, 11) is 1.70. The maximum absolute atomic E-state index is 11.1. The van der Waals surface area contributed by atoms with Crippen molar-refractivity contribution in [2.75, 3.05) is 13.7 Å². The molecule has 14 heavy (non-hydrogen) atoms. The van der Waals surface area contributed by atoms with E-state index >= 15 is 0 Å². The first-order valence-electron chi connectivity index (χ1n) is 5.18. The zero-order valence-electron chi connectivity index (χ0n) is 8.88. The molecule has 0 aromatic heterocycles. The second kappa shape index (κ2) is 4.75. The van der Waals surface area contributed by atoms with Crippen molar-refractivity contribution in [3.63, 3.8) is 0 Å². The monoisotopic (exact) mass is 201 g/mol. The quantitative estimate of drug-likeness (QED) is 0.697. The SMILES string of the molecule is CCCOC1CCC(NC)(C(=O)O)C1. The van der Waals surface area contributed by atoms with Crippen LogP contribution in [0.1, 0.15) is 32.6 Å². The predicted molar refractivity (Wildman–Crippen MR) is 53.3 cm³/mol. The minimum absolute atomic E-state index is 0.110. The third-order valence-corrected chi connectivity index (χ3v) is 2.91. The van der Waals surface area contributed by atoms with E-state index in [1.54, 1.807) is 7.05 Å². The smallest absolute Gasteiger partial charge is 0.323 e. The van der Waals surface area contributed by atoms with Crippen molar-refractivity contribution in [1.29, 1.82) is 0 Å². The number of nitrogens with one attached hydrogen (secondary N) is 1. The van der Waals surface area contributed by atoms with E-state index in [1.165, 1.54) is 0 Å². The Kier molecular flexibility index (Phi) is 3.89. The molecule has 0 radical (unpaired) electrons. The van der Waals surface area contributed by atoms with E-state index in [1.807, 2.05) is 0 Å². The molecule has 1 aliphatic rings. The standard InChI is InChI=1S/C10H19NO3/c1-3-6-14-8-4-5-10(7-8,11-2)9(12)13/h8,11H,3-7H2,1-2H3,(H,12,13). The highest BCUT2D eigenvalue weighted by Gasteiger charge is 2.44. The largest absolute Gasteiger partial charge is 0.480 e. The van der Waals surface area contributed by atoms with Gasteiger partial charge in [-0.1, -0.05) is 6.92 Å². The Morgan fingerprint density at radius 2 is 2.43 bits per heavy atom. The van der Waals surface area contributed by atoms with Gasteiger partial charge < -0.3 is 15.2 Å². The van der Waals surface area contributed by atoms with Crippen molar-refractivity contribution >= 4 is 5.97 Å². The van der Waals surface area contributed by atoms with Crippen molar-refractivity contribution in [3.05, 3.63) is 0 Å². The number of ether oxygens (including phenoxy) is 1. The minimum atomic E-state index is -0.761. The first kappa shape index (κ1) is 11.5. The van der Waals surface area contributed by atoms with Gasteiger partial charge in [0.2, 0.25) is 0 Å². The summed E-state index contributed by atoms with van der Waals surface area (Å²) < 4.78 is 5.56. The minimum Gasteiger partial charge on any atom is -0.480 e. The van der Waals surface area contributed by atoms with Crippen LogP contribution in [0.25, 0.3) is 0 Å². The van der Waals surface area contributed by atoms with Gasteiger partial charge in [-0.05, 0) is 26.3 Å². The molecule has 82 valence electrons. The molecule has 0 amide bonds. The second-order valence-corrected chi connectivity index (χ2v) is 3.87. The van der Waals surface area contributed by atoms with Crippen LogP contribution in [0.2, 0.25) is 0 Å². The van der Waals surface area contributed by atoms with Crippen LogP contribution >= 0.6 is 0 Å². The van der Waals surface area contributed by atoms with Crippen molar-refractivity contribution < 1.29 is 14.6 Å². The van der Waals surface area contributed by atoms with E-state index < -0.39 is 11.5 Å². The second-order valence-electron chi connectivity index (χ2n) is 3.87. The Bertz CT molecular complexity index is 208. The zero-order chi connectivity index (χ0) is 10.6. The highest BCUT2D eigenvalue weighted by Crippen LogP contribution is 2.31. The third kappa shape index (κ3) is 2.25. The van der Waals surface area contributed by atoms with Crippen LogP contribution in [0.5, 0.6) is 0 Å². The van der Waals surface area contributed by atoms with Crippen molar-refractivity contribution in [1.82, 2.24) is 5.32 Å². The third-order valence-electron chi connectivity index (χ3n) is 2.91. The highest BCUT2D eigenvalue weighted by molar-refractivity contribution is 5.79. The fourth-order valence-electron chi connectivity index (χ4n) is 1.96. The molecule has 1 saturated carbocycles. The lowest BCUT2D eigenvalue weighted by Gasteiger charge is -2.23. The molecule has 1 aliphatic carbocycles. The van der Waals surface area contributed by atoms with Gasteiger partial charge >= 0.3 is 5.97 Å². The molecule has 2 atom stereocenters. The van der Waals surface area contributed by atoms with Gasteiger partial charge in [0.1, 0.15) is 5.54 Å². The first-order valence-corrected chi connectivity index (χ1v) is 5.18. The summed E-state index contributed by atoms with van der Waals surface area (Å²) in [6.07, 6.45) is 3.17. The topological polar surface area (TPSA) is 58.6 Å². The number of likely N-dealkylation sites (N-methyl/N-ethyl adjacent to an activating group) is 1. The van der Waals surface area contributed by atoms with E-state index in [9.17, 15) is 4.79 Å². The number of hydrogen-bond donors (Lipinski definition) is 2. The molecule has 0 bridgehead atoms. The Balaban J connectivity index is 2.48. The van der Waals surface area contributed by atoms with Crippen molar-refractivity contribution in [2.24, 2.45) is 0 Å². The number of rotatable bonds is 5. The molecule has 2 N–H and O–H groups in total. The predicted octanol–water partition coefficient (Wildman–Crippen LogP) is 1.01. The van der Waals surface area contributed by atoms with Crippen LogP contribution < -0.4 is 5.32 Å². The summed E-state index contributed by atoms with van der Waals surface area (Å²) in [6, 6.07) is 0. The first-order chi connectivity index (χ1) is 6.64.